The molecule has 28 heavy (non-hydrogen) atoms. The summed E-state index contributed by atoms with van der Waals surface area (Å²) in [5.41, 5.74) is 1.43. The summed E-state index contributed by atoms with van der Waals surface area (Å²) in [6.07, 6.45) is 1.84. The van der Waals surface area contributed by atoms with Crippen molar-refractivity contribution in [2.75, 3.05) is 37.6 Å². The molecule has 1 saturated heterocycles. The molecule has 0 unspecified atom stereocenters. The second-order valence-corrected chi connectivity index (χ2v) is 7.13. The number of hydrogen-bond donors (Lipinski definition) is 1. The molecule has 6 heteroatoms. The normalized spacial score (nSPS) is 19.3. The number of anilines is 1. The number of para-hydroxylation sites is 1. The lowest BCUT2D eigenvalue weighted by atomic mass is 9.93. The molecule has 144 valence electrons. The van der Waals surface area contributed by atoms with Crippen molar-refractivity contribution in [3.63, 3.8) is 0 Å². The van der Waals surface area contributed by atoms with Crippen molar-refractivity contribution in [3.05, 3.63) is 71.7 Å². The maximum absolute atomic E-state index is 14.4. The molecule has 2 aliphatic heterocycles. The molecule has 2 amide bonds. The van der Waals surface area contributed by atoms with Gasteiger partial charge in [-0.3, -0.25) is 9.59 Å². The Bertz CT molecular complexity index is 948. The minimum absolute atomic E-state index is 0.0156. The number of hydrogen-bond acceptors (Lipinski definition) is 3. The fourth-order valence-corrected chi connectivity index (χ4v) is 3.83. The molecule has 0 atom stereocenters. The van der Waals surface area contributed by atoms with Gasteiger partial charge in [-0.05, 0) is 25.1 Å². The van der Waals surface area contributed by atoms with E-state index >= 15 is 0 Å². The van der Waals surface area contributed by atoms with Crippen molar-refractivity contribution in [2.45, 2.75) is 6.92 Å². The summed E-state index contributed by atoms with van der Waals surface area (Å²) in [5.74, 6) is -1.58. The van der Waals surface area contributed by atoms with Gasteiger partial charge in [-0.15, -0.1) is 0 Å². The fourth-order valence-electron chi connectivity index (χ4n) is 3.83. The molecule has 4 rings (SSSR count). The Balaban J connectivity index is 1.76. The number of imide groups is 1. The number of nitrogens with zero attached hydrogens (tertiary/aromatic N) is 2. The van der Waals surface area contributed by atoms with Crippen molar-refractivity contribution in [1.29, 1.82) is 0 Å². The lowest BCUT2D eigenvalue weighted by Gasteiger charge is -2.33. The molecule has 5 nitrogen and oxygen atoms in total. The highest BCUT2D eigenvalue weighted by Gasteiger charge is 2.37. The summed E-state index contributed by atoms with van der Waals surface area (Å²) in [5, 5.41) is 0. The van der Waals surface area contributed by atoms with E-state index in [4.69, 9.17) is 0 Å². The van der Waals surface area contributed by atoms with Crippen LogP contribution in [-0.2, 0) is 4.79 Å². The molecule has 0 aromatic heterocycles. The van der Waals surface area contributed by atoms with Crippen molar-refractivity contribution in [1.82, 2.24) is 4.90 Å². The van der Waals surface area contributed by atoms with E-state index in [1.807, 2.05) is 12.3 Å². The van der Waals surface area contributed by atoms with Crippen LogP contribution < -0.4 is 9.80 Å². The van der Waals surface area contributed by atoms with Crippen LogP contribution in [0, 0.1) is 5.82 Å². The molecule has 0 radical (unpaired) electrons. The zero-order valence-electron chi connectivity index (χ0n) is 15.8. The zero-order chi connectivity index (χ0) is 19.7. The fraction of sp³-hybridized carbons (Fsp3) is 0.273. The Morgan fingerprint density at radius 2 is 1.61 bits per heavy atom. The van der Waals surface area contributed by atoms with Crippen molar-refractivity contribution >= 4 is 23.1 Å². The number of benzene rings is 2. The summed E-state index contributed by atoms with van der Waals surface area (Å²) in [6.45, 7) is 6.95. The first-order chi connectivity index (χ1) is 13.6. The van der Waals surface area contributed by atoms with Gasteiger partial charge in [-0.1, -0.05) is 30.3 Å². The van der Waals surface area contributed by atoms with Crippen LogP contribution >= 0.6 is 0 Å². The number of quaternary nitrogens is 1. The number of rotatable bonds is 3. The van der Waals surface area contributed by atoms with E-state index in [2.05, 4.69) is 11.8 Å². The van der Waals surface area contributed by atoms with Gasteiger partial charge in [0.1, 0.15) is 5.82 Å². The summed E-state index contributed by atoms with van der Waals surface area (Å²) < 4.78 is 14.4. The highest BCUT2D eigenvalue weighted by Crippen LogP contribution is 2.33. The highest BCUT2D eigenvalue weighted by atomic mass is 19.1. The summed E-state index contributed by atoms with van der Waals surface area (Å²) in [6, 6.07) is 12.9. The monoisotopic (exact) mass is 380 g/mol. The number of fused-ring (bicyclic) bond motifs is 1. The Hall–Kier alpha value is -2.99. The molecule has 0 aliphatic carbocycles. The number of likely N-dealkylation sites (N-methyl/N-ethyl adjacent to an activating group) is 1. The minimum atomic E-state index is -0.594. The molecule has 2 aliphatic rings. The molecule has 1 N–H and O–H groups in total. The van der Waals surface area contributed by atoms with Crippen LogP contribution in [0.15, 0.2) is 54.7 Å². The van der Waals surface area contributed by atoms with E-state index in [1.165, 1.54) is 23.1 Å². The largest absolute Gasteiger partial charge is 0.365 e. The summed E-state index contributed by atoms with van der Waals surface area (Å²) in [4.78, 5) is 30.9. The smallest absolute Gasteiger partial charge is 0.267 e. The van der Waals surface area contributed by atoms with E-state index in [0.717, 1.165) is 37.6 Å². The standard InChI is InChI=1S/C22H22FN3O2/c1-2-24-11-13-25(14-12-24)15-18-16-7-3-4-8-17(16)21(27)26(22(18)28)20-10-6-5-9-19(20)23/h3-10,15H,2,11-14H2,1H3/p+1. The van der Waals surface area contributed by atoms with E-state index in [1.54, 1.807) is 24.3 Å². The maximum atomic E-state index is 14.4. The first-order valence-electron chi connectivity index (χ1n) is 9.62. The van der Waals surface area contributed by atoms with Gasteiger partial charge < -0.3 is 9.80 Å². The number of carbonyl (C=O) groups excluding carboxylic acids is 2. The molecular formula is C22H23FN3O2+. The number of halogens is 1. The first-order valence-corrected chi connectivity index (χ1v) is 9.62. The van der Waals surface area contributed by atoms with Gasteiger partial charge >= 0.3 is 0 Å². The van der Waals surface area contributed by atoms with E-state index < -0.39 is 17.6 Å². The topological polar surface area (TPSA) is 45.1 Å². The van der Waals surface area contributed by atoms with Crippen molar-refractivity contribution in [2.24, 2.45) is 0 Å². The van der Waals surface area contributed by atoms with Gasteiger partial charge in [-0.2, -0.15) is 0 Å². The molecule has 0 saturated carbocycles. The summed E-state index contributed by atoms with van der Waals surface area (Å²) in [7, 11) is 0. The Kier molecular flexibility index (Phi) is 4.96. The van der Waals surface area contributed by atoms with Gasteiger partial charge in [0, 0.05) is 17.3 Å². The highest BCUT2D eigenvalue weighted by molar-refractivity contribution is 6.41. The van der Waals surface area contributed by atoms with Crippen molar-refractivity contribution in [3.8, 4) is 0 Å². The second kappa shape index (κ2) is 7.56. The number of carbonyl (C=O) groups is 2. The Morgan fingerprint density at radius 1 is 0.964 bits per heavy atom. The van der Waals surface area contributed by atoms with E-state index in [-0.39, 0.29) is 5.69 Å². The first kappa shape index (κ1) is 18.4. The molecule has 2 heterocycles. The lowest BCUT2D eigenvalue weighted by molar-refractivity contribution is -0.902. The molecular weight excluding hydrogens is 357 g/mol. The van der Waals surface area contributed by atoms with Gasteiger partial charge in [0.2, 0.25) is 0 Å². The Labute approximate surface area is 163 Å². The second-order valence-electron chi connectivity index (χ2n) is 7.13. The third kappa shape index (κ3) is 3.20. The van der Waals surface area contributed by atoms with E-state index in [0.29, 0.717) is 16.7 Å². The number of nitrogens with one attached hydrogen (secondary N) is 1. The molecule has 0 bridgehead atoms. The molecule has 2 aromatic rings. The average Bonchev–Trinajstić information content (AvgIpc) is 2.73. The predicted octanol–water partition coefficient (Wildman–Crippen LogP) is 1.57. The third-order valence-corrected chi connectivity index (χ3v) is 5.49. The third-order valence-electron chi connectivity index (χ3n) is 5.49. The van der Waals surface area contributed by atoms with Crippen LogP contribution in [0.25, 0.3) is 5.57 Å². The van der Waals surface area contributed by atoms with Crippen LogP contribution in [0.1, 0.15) is 22.8 Å². The van der Waals surface area contributed by atoms with Gasteiger partial charge in [0.05, 0.1) is 44.0 Å². The predicted molar refractivity (Wildman–Crippen MR) is 105 cm³/mol. The van der Waals surface area contributed by atoms with Crippen LogP contribution in [-0.4, -0.2) is 49.4 Å². The molecule has 0 spiro atoms. The average molecular weight is 380 g/mol. The zero-order valence-corrected chi connectivity index (χ0v) is 15.8. The van der Waals surface area contributed by atoms with Crippen molar-refractivity contribution < 1.29 is 18.9 Å². The summed E-state index contributed by atoms with van der Waals surface area (Å²) >= 11 is 0. The van der Waals surface area contributed by atoms with Crippen LogP contribution in [0.4, 0.5) is 10.1 Å². The van der Waals surface area contributed by atoms with Gasteiger partial charge in [-0.25, -0.2) is 9.29 Å². The molecule has 2 aromatic carbocycles. The van der Waals surface area contributed by atoms with Crippen LogP contribution in [0.2, 0.25) is 0 Å². The lowest BCUT2D eigenvalue weighted by Crippen LogP contribution is -3.14. The van der Waals surface area contributed by atoms with E-state index in [9.17, 15) is 14.0 Å². The quantitative estimate of drug-likeness (QED) is 0.650. The number of amides is 2. The van der Waals surface area contributed by atoms with Gasteiger partial charge in [0.25, 0.3) is 11.8 Å². The Morgan fingerprint density at radius 3 is 2.29 bits per heavy atom. The van der Waals surface area contributed by atoms with Crippen LogP contribution in [0.3, 0.4) is 0 Å². The maximum Gasteiger partial charge on any atom is 0.267 e. The van der Waals surface area contributed by atoms with Crippen LogP contribution in [0.5, 0.6) is 0 Å². The number of piperazine rings is 1. The SMILES string of the molecule is CC[NH+]1CCN(C=C2C(=O)N(c3ccccc3F)C(=O)c3ccccc32)CC1. The minimum Gasteiger partial charge on any atom is -0.365 e. The molecule has 1 fully saturated rings. The van der Waals surface area contributed by atoms with Gasteiger partial charge in [0.15, 0.2) is 0 Å².